The van der Waals surface area contributed by atoms with E-state index < -0.39 is 0 Å². The van der Waals surface area contributed by atoms with E-state index in [9.17, 15) is 9.59 Å². The first kappa shape index (κ1) is 20.6. The summed E-state index contributed by atoms with van der Waals surface area (Å²) in [5.74, 6) is 0.674. The van der Waals surface area contributed by atoms with Crippen molar-refractivity contribution in [1.82, 2.24) is 14.8 Å². The molecule has 0 N–H and O–H groups in total. The van der Waals surface area contributed by atoms with Crippen molar-refractivity contribution in [2.75, 3.05) is 45.8 Å². The third-order valence-corrected chi connectivity index (χ3v) is 5.87. The number of amides is 2. The van der Waals surface area contributed by atoms with Crippen LogP contribution in [0.2, 0.25) is 0 Å². The van der Waals surface area contributed by atoms with Gasteiger partial charge in [0.2, 0.25) is 5.91 Å². The summed E-state index contributed by atoms with van der Waals surface area (Å²) in [6.07, 6.45) is 8.03. The third kappa shape index (κ3) is 4.63. The number of anilines is 1. The van der Waals surface area contributed by atoms with E-state index in [2.05, 4.69) is 9.88 Å². The van der Waals surface area contributed by atoms with Gasteiger partial charge in [-0.05, 0) is 25.0 Å². The fourth-order valence-corrected chi connectivity index (χ4v) is 4.12. The van der Waals surface area contributed by atoms with Gasteiger partial charge in [0.1, 0.15) is 5.82 Å². The van der Waals surface area contributed by atoms with Crippen molar-refractivity contribution < 1.29 is 14.3 Å². The molecule has 28 heavy (non-hydrogen) atoms. The number of aromatic nitrogens is 1. The molecule has 1 aliphatic heterocycles. The van der Waals surface area contributed by atoms with E-state index >= 15 is 0 Å². The molecule has 7 heteroatoms. The molecule has 2 heterocycles. The van der Waals surface area contributed by atoms with Crippen LogP contribution in [0.1, 0.15) is 48.9 Å². The molecule has 3 rings (SSSR count). The zero-order valence-corrected chi connectivity index (χ0v) is 17.3. The summed E-state index contributed by atoms with van der Waals surface area (Å²) in [7, 11) is 5.51. The van der Waals surface area contributed by atoms with Crippen molar-refractivity contribution in [3.05, 3.63) is 23.9 Å². The Labute approximate surface area is 167 Å². The average molecular weight is 389 g/mol. The van der Waals surface area contributed by atoms with Crippen molar-refractivity contribution >= 4 is 17.6 Å². The molecule has 2 fully saturated rings. The number of hydrogen-bond donors (Lipinski definition) is 0. The molecule has 1 aliphatic carbocycles. The van der Waals surface area contributed by atoms with Gasteiger partial charge < -0.3 is 19.4 Å². The predicted molar refractivity (Wildman–Crippen MR) is 108 cm³/mol. The number of morpholine rings is 1. The van der Waals surface area contributed by atoms with E-state index in [-0.39, 0.29) is 24.3 Å². The first-order valence-corrected chi connectivity index (χ1v) is 10.3. The zero-order chi connectivity index (χ0) is 20.1. The van der Waals surface area contributed by atoms with E-state index in [4.69, 9.17) is 4.74 Å². The molecular weight excluding hydrogens is 356 g/mol. The van der Waals surface area contributed by atoms with Crippen molar-refractivity contribution in [3.8, 4) is 0 Å². The molecule has 1 aromatic heterocycles. The molecule has 2 amide bonds. The van der Waals surface area contributed by atoms with Gasteiger partial charge in [-0.15, -0.1) is 0 Å². The Morgan fingerprint density at radius 1 is 1.21 bits per heavy atom. The van der Waals surface area contributed by atoms with Crippen LogP contribution in [-0.2, 0) is 9.53 Å². The zero-order valence-electron chi connectivity index (χ0n) is 17.3. The van der Waals surface area contributed by atoms with Crippen LogP contribution in [-0.4, -0.2) is 79.6 Å². The van der Waals surface area contributed by atoms with E-state index in [0.717, 1.165) is 18.7 Å². The highest BCUT2D eigenvalue weighted by molar-refractivity contribution is 5.99. The Balaban J connectivity index is 1.81. The minimum absolute atomic E-state index is 0.000895. The van der Waals surface area contributed by atoms with Crippen LogP contribution in [0.3, 0.4) is 0 Å². The molecule has 0 aromatic carbocycles. The van der Waals surface area contributed by atoms with Crippen LogP contribution in [0.4, 0.5) is 5.82 Å². The first-order chi connectivity index (χ1) is 13.5. The maximum absolute atomic E-state index is 13.4. The summed E-state index contributed by atoms with van der Waals surface area (Å²) in [6.45, 7) is 1.37. The summed E-state index contributed by atoms with van der Waals surface area (Å²) in [5.41, 5.74) is 0.611. The molecule has 0 bridgehead atoms. The molecular formula is C21H32N4O3. The van der Waals surface area contributed by atoms with Gasteiger partial charge in [0.15, 0.2) is 0 Å². The highest BCUT2D eigenvalue weighted by atomic mass is 16.5. The van der Waals surface area contributed by atoms with Crippen LogP contribution in [0.15, 0.2) is 18.3 Å². The molecule has 0 spiro atoms. The average Bonchev–Trinajstić information content (AvgIpc) is 2.73. The molecule has 0 unspecified atom stereocenters. The minimum Gasteiger partial charge on any atom is -0.377 e. The Morgan fingerprint density at radius 3 is 2.68 bits per heavy atom. The van der Waals surface area contributed by atoms with Crippen LogP contribution in [0.5, 0.6) is 0 Å². The molecule has 7 nitrogen and oxygen atoms in total. The third-order valence-electron chi connectivity index (χ3n) is 5.87. The van der Waals surface area contributed by atoms with Gasteiger partial charge in [-0.25, -0.2) is 4.98 Å². The lowest BCUT2D eigenvalue weighted by molar-refractivity contribution is -0.131. The second kappa shape index (κ2) is 9.37. The fraction of sp³-hybridized carbons (Fsp3) is 0.667. The van der Waals surface area contributed by atoms with Crippen LogP contribution >= 0.6 is 0 Å². The molecule has 1 saturated heterocycles. The molecule has 0 radical (unpaired) electrons. The normalized spacial score (nSPS) is 20.7. The summed E-state index contributed by atoms with van der Waals surface area (Å²) in [6, 6.07) is 3.84. The van der Waals surface area contributed by atoms with E-state index in [1.54, 1.807) is 30.1 Å². The maximum atomic E-state index is 13.4. The van der Waals surface area contributed by atoms with Gasteiger partial charge in [-0.2, -0.15) is 0 Å². The van der Waals surface area contributed by atoms with E-state index in [1.165, 1.54) is 19.3 Å². The Morgan fingerprint density at radius 2 is 1.96 bits per heavy atom. The second-order valence-corrected chi connectivity index (χ2v) is 8.00. The maximum Gasteiger partial charge on any atom is 0.258 e. The number of hydrogen-bond acceptors (Lipinski definition) is 5. The Hall–Kier alpha value is -2.15. The Kier molecular flexibility index (Phi) is 6.88. The standard InChI is InChI=1S/C21H32N4O3/c1-23(2)19(26)14-17-15-28-13-12-25(17)21(27)18-10-7-11-22-20(18)24(3)16-8-5-4-6-9-16/h7,10-11,16-17H,4-6,8-9,12-15H2,1-3H3/t17-/m1/s1. The SMILES string of the molecule is CN(C)C(=O)C[C@@H]1COCCN1C(=O)c1cccnc1N(C)C1CCCCC1. The second-order valence-electron chi connectivity index (χ2n) is 8.00. The highest BCUT2D eigenvalue weighted by Crippen LogP contribution is 2.28. The fourth-order valence-electron chi connectivity index (χ4n) is 4.12. The minimum atomic E-state index is -0.246. The summed E-state index contributed by atoms with van der Waals surface area (Å²) in [4.78, 5) is 35.7. The summed E-state index contributed by atoms with van der Waals surface area (Å²) in [5, 5.41) is 0. The van der Waals surface area contributed by atoms with Gasteiger partial charge in [0.25, 0.3) is 5.91 Å². The number of pyridine rings is 1. The van der Waals surface area contributed by atoms with Crippen LogP contribution < -0.4 is 4.90 Å². The van der Waals surface area contributed by atoms with Crippen LogP contribution in [0.25, 0.3) is 0 Å². The van der Waals surface area contributed by atoms with Gasteiger partial charge in [-0.3, -0.25) is 9.59 Å². The lowest BCUT2D eigenvalue weighted by atomic mass is 9.94. The van der Waals surface area contributed by atoms with Gasteiger partial charge in [0, 0.05) is 46.3 Å². The monoisotopic (exact) mass is 388 g/mol. The van der Waals surface area contributed by atoms with Crippen molar-refractivity contribution in [2.45, 2.75) is 50.6 Å². The molecule has 1 saturated carbocycles. The lowest BCUT2D eigenvalue weighted by Gasteiger charge is -2.37. The Bertz CT molecular complexity index is 688. The van der Waals surface area contributed by atoms with Gasteiger partial charge >= 0.3 is 0 Å². The summed E-state index contributed by atoms with van der Waals surface area (Å²) < 4.78 is 5.56. The van der Waals surface area contributed by atoms with Crippen molar-refractivity contribution in [2.24, 2.45) is 0 Å². The number of carbonyl (C=O) groups is 2. The highest BCUT2D eigenvalue weighted by Gasteiger charge is 2.32. The van der Waals surface area contributed by atoms with Crippen LogP contribution in [0, 0.1) is 0 Å². The topological polar surface area (TPSA) is 66.0 Å². The van der Waals surface area contributed by atoms with Crippen molar-refractivity contribution in [3.63, 3.8) is 0 Å². The van der Waals surface area contributed by atoms with Gasteiger partial charge in [-0.1, -0.05) is 19.3 Å². The number of ether oxygens (including phenoxy) is 1. The molecule has 154 valence electrons. The van der Waals surface area contributed by atoms with Crippen molar-refractivity contribution in [1.29, 1.82) is 0 Å². The summed E-state index contributed by atoms with van der Waals surface area (Å²) >= 11 is 0. The first-order valence-electron chi connectivity index (χ1n) is 10.3. The van der Waals surface area contributed by atoms with E-state index in [1.807, 2.05) is 19.2 Å². The quantitative estimate of drug-likeness (QED) is 0.773. The number of rotatable bonds is 5. The number of nitrogens with zero attached hydrogens (tertiary/aromatic N) is 4. The smallest absolute Gasteiger partial charge is 0.258 e. The van der Waals surface area contributed by atoms with Gasteiger partial charge in [0.05, 0.1) is 24.8 Å². The molecule has 2 aliphatic rings. The molecule has 1 aromatic rings. The number of carbonyl (C=O) groups excluding carboxylic acids is 2. The largest absolute Gasteiger partial charge is 0.377 e. The lowest BCUT2D eigenvalue weighted by Crippen LogP contribution is -2.50. The molecule has 1 atom stereocenters. The van der Waals surface area contributed by atoms with E-state index in [0.29, 0.717) is 31.4 Å². The predicted octanol–water partition coefficient (Wildman–Crippen LogP) is 2.17.